The Kier molecular flexibility index (Phi) is 5.30. The van der Waals surface area contributed by atoms with Gasteiger partial charge in [-0.05, 0) is 19.3 Å². The minimum absolute atomic E-state index is 0.256. The zero-order valence-electron chi connectivity index (χ0n) is 12.8. The van der Waals surface area contributed by atoms with Crippen molar-refractivity contribution in [3.63, 3.8) is 0 Å². The molecule has 0 saturated carbocycles. The lowest BCUT2D eigenvalue weighted by Gasteiger charge is -2.27. The van der Waals surface area contributed by atoms with Crippen LogP contribution in [0.25, 0.3) is 0 Å². The number of rotatable bonds is 5. The minimum atomic E-state index is -0.854. The molecule has 0 aromatic carbocycles. The van der Waals surface area contributed by atoms with E-state index < -0.39 is 17.3 Å². The summed E-state index contributed by atoms with van der Waals surface area (Å²) >= 11 is 0. The van der Waals surface area contributed by atoms with Gasteiger partial charge in [-0.15, -0.1) is 0 Å². The van der Waals surface area contributed by atoms with E-state index in [-0.39, 0.29) is 12.5 Å². The normalized spacial score (nSPS) is 12.8. The Morgan fingerprint density at radius 2 is 2.05 bits per heavy atom. The van der Waals surface area contributed by atoms with Crippen LogP contribution in [0.15, 0.2) is 12.4 Å². The number of hydrogen-bond acceptors (Lipinski definition) is 4. The van der Waals surface area contributed by atoms with Gasteiger partial charge in [-0.25, -0.2) is 0 Å². The second-order valence-electron chi connectivity index (χ2n) is 5.63. The van der Waals surface area contributed by atoms with Gasteiger partial charge < -0.3 is 10.1 Å². The third-order valence-corrected chi connectivity index (χ3v) is 2.88. The van der Waals surface area contributed by atoms with Gasteiger partial charge in [-0.2, -0.15) is 5.10 Å². The van der Waals surface area contributed by atoms with E-state index in [9.17, 15) is 9.59 Å². The van der Waals surface area contributed by atoms with Gasteiger partial charge in [0, 0.05) is 12.7 Å². The quantitative estimate of drug-likeness (QED) is 0.662. The zero-order valence-corrected chi connectivity index (χ0v) is 12.8. The van der Waals surface area contributed by atoms with E-state index in [1.165, 1.54) is 0 Å². The van der Waals surface area contributed by atoms with Crippen LogP contribution in [0.2, 0.25) is 0 Å². The molecule has 20 heavy (non-hydrogen) atoms. The molecule has 0 fully saturated rings. The van der Waals surface area contributed by atoms with Crippen molar-refractivity contribution in [2.45, 2.75) is 41.2 Å². The number of nitrogens with zero attached hydrogens (tertiary/aromatic N) is 2. The van der Waals surface area contributed by atoms with Gasteiger partial charge in [0.2, 0.25) is 5.91 Å². The first-order chi connectivity index (χ1) is 9.29. The number of carbonyl (C=O) groups excluding carboxylic acids is 2. The number of amides is 1. The molecular formula is C14H23N3O3. The molecule has 0 radical (unpaired) electrons. The highest BCUT2D eigenvalue weighted by atomic mass is 16.5. The van der Waals surface area contributed by atoms with E-state index in [1.807, 2.05) is 27.7 Å². The predicted molar refractivity (Wildman–Crippen MR) is 76.1 cm³/mol. The number of nitrogens with one attached hydrogen (secondary N) is 1. The molecule has 0 aliphatic rings. The highest BCUT2D eigenvalue weighted by molar-refractivity contribution is 6.05. The summed E-state index contributed by atoms with van der Waals surface area (Å²) in [7, 11) is 0. The van der Waals surface area contributed by atoms with Gasteiger partial charge in [0.05, 0.1) is 18.5 Å². The first kappa shape index (κ1) is 16.2. The number of carbonyl (C=O) groups is 2. The Morgan fingerprint density at radius 1 is 1.40 bits per heavy atom. The van der Waals surface area contributed by atoms with Crippen molar-refractivity contribution in [2.24, 2.45) is 11.3 Å². The molecule has 0 spiro atoms. The number of anilines is 1. The summed E-state index contributed by atoms with van der Waals surface area (Å²) < 4.78 is 6.70. The standard InChI is InChI=1S/C14H23N3O3/c1-6-17-9-10(8-15-17)16-12(18)11(14(3,4)5)13(19)20-7-2/h8-9,11H,6-7H2,1-5H3,(H,16,18). The van der Waals surface area contributed by atoms with Gasteiger partial charge >= 0.3 is 5.97 Å². The van der Waals surface area contributed by atoms with Crippen LogP contribution in [0.3, 0.4) is 0 Å². The van der Waals surface area contributed by atoms with Crippen molar-refractivity contribution in [1.29, 1.82) is 0 Å². The lowest BCUT2D eigenvalue weighted by atomic mass is 9.80. The van der Waals surface area contributed by atoms with E-state index in [1.54, 1.807) is 24.0 Å². The molecule has 0 aliphatic heterocycles. The zero-order chi connectivity index (χ0) is 15.3. The van der Waals surface area contributed by atoms with Crippen LogP contribution in [0.5, 0.6) is 0 Å². The van der Waals surface area contributed by atoms with Crippen molar-refractivity contribution in [1.82, 2.24) is 9.78 Å². The molecule has 6 nitrogen and oxygen atoms in total. The molecular weight excluding hydrogens is 258 g/mol. The largest absolute Gasteiger partial charge is 0.465 e. The molecule has 1 rings (SSSR count). The second kappa shape index (κ2) is 6.54. The summed E-state index contributed by atoms with van der Waals surface area (Å²) in [5.74, 6) is -1.72. The average molecular weight is 281 g/mol. The van der Waals surface area contributed by atoms with Gasteiger partial charge in [0.1, 0.15) is 5.92 Å². The van der Waals surface area contributed by atoms with E-state index in [4.69, 9.17) is 4.74 Å². The maximum Gasteiger partial charge on any atom is 0.319 e. The van der Waals surface area contributed by atoms with Crippen LogP contribution >= 0.6 is 0 Å². The Balaban J connectivity index is 2.85. The van der Waals surface area contributed by atoms with Crippen molar-refractivity contribution >= 4 is 17.6 Å². The first-order valence-corrected chi connectivity index (χ1v) is 6.79. The fraction of sp³-hybridized carbons (Fsp3) is 0.643. The molecule has 1 atom stereocenters. The van der Waals surface area contributed by atoms with Crippen LogP contribution in [0.1, 0.15) is 34.6 Å². The van der Waals surface area contributed by atoms with E-state index >= 15 is 0 Å². The van der Waals surface area contributed by atoms with Gasteiger partial charge in [0.25, 0.3) is 0 Å². The van der Waals surface area contributed by atoms with Crippen LogP contribution in [-0.2, 0) is 20.9 Å². The fourth-order valence-electron chi connectivity index (χ4n) is 1.89. The molecule has 6 heteroatoms. The van der Waals surface area contributed by atoms with Gasteiger partial charge in [0.15, 0.2) is 0 Å². The third-order valence-electron chi connectivity index (χ3n) is 2.88. The number of hydrogen-bond donors (Lipinski definition) is 1. The number of aromatic nitrogens is 2. The molecule has 1 heterocycles. The SMILES string of the molecule is CCOC(=O)C(C(=O)Nc1cnn(CC)c1)C(C)(C)C. The summed E-state index contributed by atoms with van der Waals surface area (Å²) in [6, 6.07) is 0. The highest BCUT2D eigenvalue weighted by Gasteiger charge is 2.39. The summed E-state index contributed by atoms with van der Waals surface area (Å²) in [4.78, 5) is 24.3. The molecule has 1 amide bonds. The van der Waals surface area contributed by atoms with E-state index in [0.29, 0.717) is 5.69 Å². The lowest BCUT2D eigenvalue weighted by Crippen LogP contribution is -2.40. The van der Waals surface area contributed by atoms with Crippen molar-refractivity contribution in [2.75, 3.05) is 11.9 Å². The molecule has 1 N–H and O–H groups in total. The van der Waals surface area contributed by atoms with Gasteiger partial charge in [-0.1, -0.05) is 20.8 Å². The summed E-state index contributed by atoms with van der Waals surface area (Å²) in [5.41, 5.74) is 0.0623. The van der Waals surface area contributed by atoms with Crippen LogP contribution in [0, 0.1) is 11.3 Å². The smallest absolute Gasteiger partial charge is 0.319 e. The summed E-state index contributed by atoms with van der Waals surface area (Å²) in [6.45, 7) is 10.2. The Hall–Kier alpha value is -1.85. The van der Waals surface area contributed by atoms with Crippen LogP contribution < -0.4 is 5.32 Å². The topological polar surface area (TPSA) is 73.2 Å². The Morgan fingerprint density at radius 3 is 2.50 bits per heavy atom. The second-order valence-corrected chi connectivity index (χ2v) is 5.63. The number of esters is 1. The third kappa shape index (κ3) is 4.08. The predicted octanol–water partition coefficient (Wildman–Crippen LogP) is 2.07. The molecule has 1 aromatic heterocycles. The Bertz CT molecular complexity index is 474. The van der Waals surface area contributed by atoms with Crippen molar-refractivity contribution in [3.05, 3.63) is 12.4 Å². The molecule has 1 unspecified atom stereocenters. The summed E-state index contributed by atoms with van der Waals surface area (Å²) in [6.07, 6.45) is 3.29. The highest BCUT2D eigenvalue weighted by Crippen LogP contribution is 2.28. The van der Waals surface area contributed by atoms with E-state index in [2.05, 4.69) is 10.4 Å². The fourth-order valence-corrected chi connectivity index (χ4v) is 1.89. The van der Waals surface area contributed by atoms with Crippen LogP contribution in [-0.4, -0.2) is 28.3 Å². The Labute approximate surface area is 119 Å². The van der Waals surface area contributed by atoms with Gasteiger partial charge in [-0.3, -0.25) is 14.3 Å². The molecule has 1 aromatic rings. The number of ether oxygens (including phenoxy) is 1. The van der Waals surface area contributed by atoms with Crippen LogP contribution in [0.4, 0.5) is 5.69 Å². The summed E-state index contributed by atoms with van der Waals surface area (Å²) in [5, 5.41) is 6.80. The minimum Gasteiger partial charge on any atom is -0.465 e. The van der Waals surface area contributed by atoms with E-state index in [0.717, 1.165) is 6.54 Å². The molecule has 0 bridgehead atoms. The number of aryl methyl sites for hydroxylation is 1. The maximum atomic E-state index is 12.3. The lowest BCUT2D eigenvalue weighted by molar-refractivity contribution is -0.155. The maximum absolute atomic E-state index is 12.3. The first-order valence-electron chi connectivity index (χ1n) is 6.79. The van der Waals surface area contributed by atoms with Crippen molar-refractivity contribution in [3.8, 4) is 0 Å². The average Bonchev–Trinajstić information content (AvgIpc) is 2.75. The monoisotopic (exact) mass is 281 g/mol. The molecule has 0 aliphatic carbocycles. The molecule has 0 saturated heterocycles. The van der Waals surface area contributed by atoms with Crippen molar-refractivity contribution < 1.29 is 14.3 Å². The molecule has 112 valence electrons.